The van der Waals surface area contributed by atoms with Gasteiger partial charge in [-0.3, -0.25) is 4.90 Å². The molecular weight excluding hydrogens is 338 g/mol. The van der Waals surface area contributed by atoms with Gasteiger partial charge in [0.05, 0.1) is 22.5 Å². The van der Waals surface area contributed by atoms with Gasteiger partial charge in [-0.15, -0.1) is 22.7 Å². The Labute approximate surface area is 147 Å². The van der Waals surface area contributed by atoms with Gasteiger partial charge in [-0.2, -0.15) is 0 Å². The number of para-hydroxylation sites is 1. The maximum absolute atomic E-state index is 4.69. The molecule has 24 heavy (non-hydrogen) atoms. The molecule has 120 valence electrons. The summed E-state index contributed by atoms with van der Waals surface area (Å²) in [4.78, 5) is 20.0. The summed E-state index contributed by atoms with van der Waals surface area (Å²) >= 11 is 3.33. The normalized spacial score (nSPS) is 11.4. The largest absolute Gasteiger partial charge is 0.294 e. The lowest BCUT2D eigenvalue weighted by Crippen LogP contribution is -2.17. The van der Waals surface area contributed by atoms with Crippen molar-refractivity contribution >= 4 is 32.9 Å². The third-order valence-corrected chi connectivity index (χ3v) is 5.39. The summed E-state index contributed by atoms with van der Waals surface area (Å²) < 4.78 is 1.23. The Kier molecular flexibility index (Phi) is 4.29. The van der Waals surface area contributed by atoms with Gasteiger partial charge in [-0.1, -0.05) is 12.1 Å². The second-order valence-electron chi connectivity index (χ2n) is 5.46. The molecule has 3 aromatic heterocycles. The maximum atomic E-state index is 4.69. The maximum Gasteiger partial charge on any atom is 0.188 e. The molecule has 0 fully saturated rings. The number of hydrogen-bond donors (Lipinski definition) is 0. The van der Waals surface area contributed by atoms with E-state index in [-0.39, 0.29) is 0 Å². The predicted molar refractivity (Wildman–Crippen MR) is 97.9 cm³/mol. The lowest BCUT2D eigenvalue weighted by atomic mass is 10.3. The van der Waals surface area contributed by atoms with Crippen molar-refractivity contribution < 1.29 is 0 Å². The van der Waals surface area contributed by atoms with Crippen LogP contribution in [0.3, 0.4) is 0 Å². The van der Waals surface area contributed by atoms with Gasteiger partial charge in [0.25, 0.3) is 0 Å². The second-order valence-corrected chi connectivity index (χ2v) is 7.44. The molecule has 0 amide bonds. The fraction of sp³-hybridized carbons (Fsp3) is 0.176. The van der Waals surface area contributed by atoms with E-state index in [4.69, 9.17) is 0 Å². The lowest BCUT2D eigenvalue weighted by Gasteiger charge is -2.12. The average Bonchev–Trinajstić information content (AvgIpc) is 3.21. The zero-order chi connectivity index (χ0) is 16.4. The first kappa shape index (κ1) is 15.3. The number of aromatic nitrogens is 4. The second kappa shape index (κ2) is 6.72. The summed E-state index contributed by atoms with van der Waals surface area (Å²) in [6.07, 6.45) is 3.48. The quantitative estimate of drug-likeness (QED) is 0.545. The van der Waals surface area contributed by atoms with Crippen molar-refractivity contribution in [1.29, 1.82) is 0 Å². The van der Waals surface area contributed by atoms with E-state index >= 15 is 0 Å². The molecule has 7 heteroatoms. The summed E-state index contributed by atoms with van der Waals surface area (Å²) in [5.41, 5.74) is 2.11. The predicted octanol–water partition coefficient (Wildman–Crippen LogP) is 3.84. The van der Waals surface area contributed by atoms with Gasteiger partial charge >= 0.3 is 0 Å². The van der Waals surface area contributed by atoms with E-state index in [0.29, 0.717) is 5.82 Å². The molecule has 0 spiro atoms. The SMILES string of the molecule is CN(Cc1csc(-c2ncccn2)n1)Cc1nc2ccccc2s1. The van der Waals surface area contributed by atoms with Crippen molar-refractivity contribution in [3.05, 3.63) is 58.8 Å². The minimum absolute atomic E-state index is 0.683. The Morgan fingerprint density at radius 2 is 1.83 bits per heavy atom. The van der Waals surface area contributed by atoms with Crippen LogP contribution >= 0.6 is 22.7 Å². The van der Waals surface area contributed by atoms with E-state index in [1.165, 1.54) is 4.70 Å². The first-order valence-corrected chi connectivity index (χ1v) is 9.22. The number of rotatable bonds is 5. The van der Waals surface area contributed by atoms with Crippen LogP contribution in [0.5, 0.6) is 0 Å². The van der Waals surface area contributed by atoms with Gasteiger partial charge in [-0.25, -0.2) is 19.9 Å². The first-order valence-electron chi connectivity index (χ1n) is 7.53. The summed E-state index contributed by atoms with van der Waals surface area (Å²) in [6.45, 7) is 1.59. The summed E-state index contributed by atoms with van der Waals surface area (Å²) in [5.74, 6) is 0.683. The van der Waals surface area contributed by atoms with Crippen molar-refractivity contribution in [3.8, 4) is 10.8 Å². The first-order chi connectivity index (χ1) is 11.8. The molecule has 0 aliphatic heterocycles. The number of nitrogens with zero attached hydrogens (tertiary/aromatic N) is 5. The molecule has 0 bridgehead atoms. The molecule has 3 heterocycles. The zero-order valence-electron chi connectivity index (χ0n) is 13.1. The minimum atomic E-state index is 0.683. The van der Waals surface area contributed by atoms with Crippen LogP contribution in [0, 0.1) is 0 Å². The third kappa shape index (κ3) is 3.33. The van der Waals surface area contributed by atoms with Crippen LogP contribution in [0.1, 0.15) is 10.7 Å². The van der Waals surface area contributed by atoms with Crippen LogP contribution < -0.4 is 0 Å². The van der Waals surface area contributed by atoms with Crippen LogP contribution in [0.2, 0.25) is 0 Å². The highest BCUT2D eigenvalue weighted by molar-refractivity contribution is 7.18. The van der Waals surface area contributed by atoms with E-state index < -0.39 is 0 Å². The van der Waals surface area contributed by atoms with Gasteiger partial charge < -0.3 is 0 Å². The Bertz CT molecular complexity index is 915. The molecule has 0 radical (unpaired) electrons. The van der Waals surface area contributed by atoms with Crippen LogP contribution in [-0.2, 0) is 13.1 Å². The molecule has 4 rings (SSSR count). The molecule has 4 aromatic rings. The Morgan fingerprint density at radius 1 is 1.00 bits per heavy atom. The molecule has 0 aliphatic carbocycles. The number of hydrogen-bond acceptors (Lipinski definition) is 7. The highest BCUT2D eigenvalue weighted by Gasteiger charge is 2.11. The smallest absolute Gasteiger partial charge is 0.188 e. The fourth-order valence-electron chi connectivity index (χ4n) is 2.44. The number of thiazole rings is 2. The highest BCUT2D eigenvalue weighted by Crippen LogP contribution is 2.24. The van der Waals surface area contributed by atoms with Crippen LogP contribution in [-0.4, -0.2) is 31.9 Å². The zero-order valence-corrected chi connectivity index (χ0v) is 14.7. The van der Waals surface area contributed by atoms with Crippen molar-refractivity contribution in [3.63, 3.8) is 0 Å². The highest BCUT2D eigenvalue weighted by atomic mass is 32.1. The molecule has 0 saturated carbocycles. The van der Waals surface area contributed by atoms with Gasteiger partial charge in [0.15, 0.2) is 10.8 Å². The van der Waals surface area contributed by atoms with Crippen molar-refractivity contribution in [2.24, 2.45) is 0 Å². The lowest BCUT2D eigenvalue weighted by molar-refractivity contribution is 0.315. The Balaban J connectivity index is 1.44. The van der Waals surface area contributed by atoms with Crippen LogP contribution in [0.4, 0.5) is 0 Å². The topological polar surface area (TPSA) is 54.8 Å². The van der Waals surface area contributed by atoms with E-state index in [2.05, 4.69) is 55.5 Å². The average molecular weight is 353 g/mol. The van der Waals surface area contributed by atoms with Crippen LogP contribution in [0.15, 0.2) is 48.1 Å². The van der Waals surface area contributed by atoms with E-state index in [0.717, 1.165) is 34.3 Å². The van der Waals surface area contributed by atoms with Crippen molar-refractivity contribution in [2.45, 2.75) is 13.1 Å². The van der Waals surface area contributed by atoms with Crippen LogP contribution in [0.25, 0.3) is 21.0 Å². The summed E-state index contributed by atoms with van der Waals surface area (Å²) in [7, 11) is 2.09. The molecule has 0 atom stereocenters. The molecule has 0 saturated heterocycles. The Morgan fingerprint density at radius 3 is 2.67 bits per heavy atom. The monoisotopic (exact) mass is 353 g/mol. The van der Waals surface area contributed by atoms with Gasteiger partial charge in [0.1, 0.15) is 5.01 Å². The third-order valence-electron chi connectivity index (χ3n) is 3.48. The minimum Gasteiger partial charge on any atom is -0.294 e. The summed E-state index contributed by atoms with van der Waals surface area (Å²) in [6, 6.07) is 10.1. The van der Waals surface area contributed by atoms with E-state index in [9.17, 15) is 0 Å². The van der Waals surface area contributed by atoms with E-state index in [1.54, 1.807) is 35.1 Å². The number of fused-ring (bicyclic) bond motifs is 1. The summed E-state index contributed by atoms with van der Waals surface area (Å²) in [5, 5.41) is 4.06. The molecule has 0 aliphatic rings. The van der Waals surface area contributed by atoms with Crippen molar-refractivity contribution in [2.75, 3.05) is 7.05 Å². The molecular formula is C17H15N5S2. The van der Waals surface area contributed by atoms with Gasteiger partial charge in [0, 0.05) is 24.3 Å². The number of benzene rings is 1. The fourth-order valence-corrected chi connectivity index (χ4v) is 4.25. The molecule has 0 N–H and O–H groups in total. The molecule has 0 unspecified atom stereocenters. The molecule has 1 aromatic carbocycles. The standard InChI is InChI=1S/C17H15N5S2/c1-22(10-15-21-13-5-2-3-6-14(13)24-15)9-12-11-23-17(20-12)16-18-7-4-8-19-16/h2-8,11H,9-10H2,1H3. The van der Waals surface area contributed by atoms with Gasteiger partial charge in [-0.05, 0) is 25.2 Å². The Hall–Kier alpha value is -2.22. The van der Waals surface area contributed by atoms with Gasteiger partial charge in [0.2, 0.25) is 0 Å². The van der Waals surface area contributed by atoms with Crippen molar-refractivity contribution in [1.82, 2.24) is 24.8 Å². The molecule has 5 nitrogen and oxygen atoms in total. The van der Waals surface area contributed by atoms with E-state index in [1.807, 2.05) is 12.1 Å².